The number of benzene rings is 1. The van der Waals surface area contributed by atoms with Crippen LogP contribution in [-0.4, -0.2) is 11.7 Å². The number of rotatable bonds is 3. The zero-order chi connectivity index (χ0) is 14.0. The van der Waals surface area contributed by atoms with Crippen LogP contribution in [0.2, 0.25) is 0 Å². The molecule has 0 fully saturated rings. The largest absolute Gasteiger partial charge is 0.448 e. The summed E-state index contributed by atoms with van der Waals surface area (Å²) in [5.41, 5.74) is 2.77. The minimum absolute atomic E-state index is 0.131. The summed E-state index contributed by atoms with van der Waals surface area (Å²) in [5.74, 6) is -0.246. The molecule has 2 rings (SSSR count). The number of nitrogens with one attached hydrogen (secondary N) is 1. The lowest BCUT2D eigenvalue weighted by molar-refractivity contribution is 0.0969. The average molecular weight is 257 g/mol. The summed E-state index contributed by atoms with van der Waals surface area (Å²) in [6, 6.07) is 8.80. The van der Waals surface area contributed by atoms with Gasteiger partial charge in [0.15, 0.2) is 17.3 Å². The zero-order valence-corrected chi connectivity index (χ0v) is 11.1. The van der Waals surface area contributed by atoms with E-state index in [-0.39, 0.29) is 23.2 Å². The Morgan fingerprint density at radius 2 is 1.74 bits per heavy atom. The van der Waals surface area contributed by atoms with Crippen LogP contribution in [0.5, 0.6) is 0 Å². The van der Waals surface area contributed by atoms with Gasteiger partial charge >= 0.3 is 0 Å². The van der Waals surface area contributed by atoms with Gasteiger partial charge in [-0.25, -0.2) is 0 Å². The SMILES string of the molecule is CC(=O)c1ccc(C(=O)Nc2cc(C)ccc2C)o1. The molecule has 0 atom stereocenters. The molecule has 0 saturated carbocycles. The molecule has 1 amide bonds. The molecule has 0 saturated heterocycles. The van der Waals surface area contributed by atoms with Crippen molar-refractivity contribution in [2.24, 2.45) is 0 Å². The maximum atomic E-state index is 12.0. The van der Waals surface area contributed by atoms with Gasteiger partial charge < -0.3 is 9.73 Å². The Bertz CT molecular complexity index is 641. The maximum Gasteiger partial charge on any atom is 0.291 e. The van der Waals surface area contributed by atoms with Gasteiger partial charge in [0.1, 0.15) is 0 Å². The number of furan rings is 1. The van der Waals surface area contributed by atoms with Gasteiger partial charge in [-0.15, -0.1) is 0 Å². The van der Waals surface area contributed by atoms with E-state index >= 15 is 0 Å². The van der Waals surface area contributed by atoms with Crippen LogP contribution in [0.3, 0.4) is 0 Å². The Morgan fingerprint density at radius 1 is 1.05 bits per heavy atom. The molecule has 0 aliphatic heterocycles. The highest BCUT2D eigenvalue weighted by molar-refractivity contribution is 6.03. The number of carbonyl (C=O) groups excluding carboxylic acids is 2. The number of anilines is 1. The summed E-state index contributed by atoms with van der Waals surface area (Å²) in [4.78, 5) is 23.1. The van der Waals surface area contributed by atoms with E-state index in [1.54, 1.807) is 0 Å². The van der Waals surface area contributed by atoms with Gasteiger partial charge in [-0.3, -0.25) is 9.59 Å². The molecule has 0 radical (unpaired) electrons. The van der Waals surface area contributed by atoms with Gasteiger partial charge in [-0.1, -0.05) is 12.1 Å². The Balaban J connectivity index is 2.20. The third-order valence-corrected chi connectivity index (χ3v) is 2.82. The van der Waals surface area contributed by atoms with Crippen molar-refractivity contribution in [3.8, 4) is 0 Å². The van der Waals surface area contributed by atoms with Gasteiger partial charge in [0.25, 0.3) is 5.91 Å². The summed E-state index contributed by atoms with van der Waals surface area (Å²) in [6.45, 7) is 5.26. The smallest absolute Gasteiger partial charge is 0.291 e. The van der Waals surface area contributed by atoms with Gasteiger partial charge in [0.2, 0.25) is 0 Å². The zero-order valence-electron chi connectivity index (χ0n) is 11.1. The quantitative estimate of drug-likeness (QED) is 0.858. The molecule has 4 heteroatoms. The number of amides is 1. The fraction of sp³-hybridized carbons (Fsp3) is 0.200. The Morgan fingerprint density at radius 3 is 2.37 bits per heavy atom. The molecule has 0 spiro atoms. The van der Waals surface area contributed by atoms with Gasteiger partial charge in [0.05, 0.1) is 0 Å². The predicted octanol–water partition coefficient (Wildman–Crippen LogP) is 3.35. The minimum Gasteiger partial charge on any atom is -0.448 e. The molecule has 19 heavy (non-hydrogen) atoms. The number of ketones is 1. The second-order valence-electron chi connectivity index (χ2n) is 4.49. The van der Waals surface area contributed by atoms with Crippen molar-refractivity contribution in [1.82, 2.24) is 0 Å². The van der Waals surface area contributed by atoms with E-state index in [0.29, 0.717) is 0 Å². The number of hydrogen-bond donors (Lipinski definition) is 1. The van der Waals surface area contributed by atoms with E-state index in [2.05, 4.69) is 5.32 Å². The molecule has 0 aliphatic carbocycles. The summed E-state index contributed by atoms with van der Waals surface area (Å²) in [7, 11) is 0. The first-order chi connectivity index (χ1) is 8.97. The molecular formula is C15H15NO3. The van der Waals surface area contributed by atoms with Crippen LogP contribution in [-0.2, 0) is 0 Å². The van der Waals surface area contributed by atoms with Crippen LogP contribution >= 0.6 is 0 Å². The first-order valence-electron chi connectivity index (χ1n) is 5.97. The summed E-state index contributed by atoms with van der Waals surface area (Å²) < 4.78 is 5.19. The Kier molecular flexibility index (Phi) is 3.51. The molecule has 2 aromatic rings. The van der Waals surface area contributed by atoms with Crippen LogP contribution in [0, 0.1) is 13.8 Å². The van der Waals surface area contributed by atoms with Crippen LogP contribution < -0.4 is 5.32 Å². The summed E-state index contributed by atoms with van der Waals surface area (Å²) in [6.07, 6.45) is 0. The Hall–Kier alpha value is -2.36. The molecule has 0 bridgehead atoms. The van der Waals surface area contributed by atoms with E-state index in [1.807, 2.05) is 32.0 Å². The van der Waals surface area contributed by atoms with Gasteiger partial charge in [0, 0.05) is 12.6 Å². The second kappa shape index (κ2) is 5.10. The molecule has 0 unspecified atom stereocenters. The predicted molar refractivity (Wildman–Crippen MR) is 72.6 cm³/mol. The highest BCUT2D eigenvalue weighted by Gasteiger charge is 2.14. The van der Waals surface area contributed by atoms with Crippen LogP contribution in [0.1, 0.15) is 39.2 Å². The molecule has 1 heterocycles. The fourth-order valence-electron chi connectivity index (χ4n) is 1.70. The number of aryl methyl sites for hydroxylation is 2. The van der Waals surface area contributed by atoms with Crippen LogP contribution in [0.15, 0.2) is 34.7 Å². The van der Waals surface area contributed by atoms with Crippen molar-refractivity contribution in [2.75, 3.05) is 5.32 Å². The lowest BCUT2D eigenvalue weighted by atomic mass is 10.1. The molecule has 1 aromatic carbocycles. The maximum absolute atomic E-state index is 12.0. The van der Waals surface area contributed by atoms with E-state index in [9.17, 15) is 9.59 Å². The van der Waals surface area contributed by atoms with Crippen molar-refractivity contribution in [3.63, 3.8) is 0 Å². The first kappa shape index (κ1) is 13.1. The van der Waals surface area contributed by atoms with Crippen molar-refractivity contribution in [3.05, 3.63) is 53.0 Å². The fourth-order valence-corrected chi connectivity index (χ4v) is 1.70. The highest BCUT2D eigenvalue weighted by atomic mass is 16.4. The third kappa shape index (κ3) is 2.91. The van der Waals surface area contributed by atoms with Gasteiger partial charge in [-0.2, -0.15) is 0 Å². The topological polar surface area (TPSA) is 59.3 Å². The second-order valence-corrected chi connectivity index (χ2v) is 4.49. The summed E-state index contributed by atoms with van der Waals surface area (Å²) >= 11 is 0. The van der Waals surface area contributed by atoms with Gasteiger partial charge in [-0.05, 0) is 43.2 Å². The molecule has 4 nitrogen and oxygen atoms in total. The normalized spacial score (nSPS) is 10.3. The molecule has 0 aliphatic rings. The number of hydrogen-bond acceptors (Lipinski definition) is 3. The van der Waals surface area contributed by atoms with E-state index in [0.717, 1.165) is 16.8 Å². The van der Waals surface area contributed by atoms with E-state index in [1.165, 1.54) is 19.1 Å². The summed E-state index contributed by atoms with van der Waals surface area (Å²) in [5, 5.41) is 2.78. The Labute approximate surface area is 111 Å². The molecule has 1 N–H and O–H groups in total. The standard InChI is InChI=1S/C15H15NO3/c1-9-4-5-10(2)12(8-9)16-15(18)14-7-6-13(19-14)11(3)17/h4-8H,1-3H3,(H,16,18). The number of carbonyl (C=O) groups is 2. The minimum atomic E-state index is -0.360. The lowest BCUT2D eigenvalue weighted by Crippen LogP contribution is -2.12. The van der Waals surface area contributed by atoms with E-state index in [4.69, 9.17) is 4.42 Å². The third-order valence-electron chi connectivity index (χ3n) is 2.82. The van der Waals surface area contributed by atoms with Crippen molar-refractivity contribution in [2.45, 2.75) is 20.8 Å². The van der Waals surface area contributed by atoms with Crippen LogP contribution in [0.4, 0.5) is 5.69 Å². The average Bonchev–Trinajstić information content (AvgIpc) is 2.83. The number of Topliss-reactive ketones (excluding diaryl/α,β-unsaturated/α-hetero) is 1. The molecule has 98 valence electrons. The highest BCUT2D eigenvalue weighted by Crippen LogP contribution is 2.18. The van der Waals surface area contributed by atoms with Crippen molar-refractivity contribution >= 4 is 17.4 Å². The van der Waals surface area contributed by atoms with Crippen molar-refractivity contribution < 1.29 is 14.0 Å². The van der Waals surface area contributed by atoms with E-state index < -0.39 is 0 Å². The first-order valence-corrected chi connectivity index (χ1v) is 5.97. The van der Waals surface area contributed by atoms with Crippen LogP contribution in [0.25, 0.3) is 0 Å². The molecule has 1 aromatic heterocycles. The van der Waals surface area contributed by atoms with Crippen molar-refractivity contribution in [1.29, 1.82) is 0 Å². The lowest BCUT2D eigenvalue weighted by Gasteiger charge is -2.07. The monoisotopic (exact) mass is 257 g/mol. The molecular weight excluding hydrogens is 242 g/mol.